The van der Waals surface area contributed by atoms with Gasteiger partial charge in [0.2, 0.25) is 10.0 Å². The fourth-order valence-electron chi connectivity index (χ4n) is 3.53. The summed E-state index contributed by atoms with van der Waals surface area (Å²) in [5, 5.41) is 0. The summed E-state index contributed by atoms with van der Waals surface area (Å²) in [5.41, 5.74) is -1.02. The van der Waals surface area contributed by atoms with E-state index in [1.807, 2.05) is 6.92 Å². The highest BCUT2D eigenvalue weighted by Gasteiger charge is 2.53. The lowest BCUT2D eigenvalue weighted by Crippen LogP contribution is -2.67. The maximum absolute atomic E-state index is 13.1. The molecule has 1 heterocycles. The average molecular weight is 345 g/mol. The van der Waals surface area contributed by atoms with Crippen molar-refractivity contribution in [3.05, 3.63) is 29.8 Å². The van der Waals surface area contributed by atoms with Gasteiger partial charge < -0.3 is 0 Å². The lowest BCUT2D eigenvalue weighted by molar-refractivity contribution is 0.132. The maximum atomic E-state index is 13.1. The van der Waals surface area contributed by atoms with Gasteiger partial charge in [-0.15, -0.1) is 0 Å². The van der Waals surface area contributed by atoms with Crippen LogP contribution in [0.2, 0.25) is 0 Å². The molecule has 22 heavy (non-hydrogen) atoms. The molecule has 1 aliphatic heterocycles. The zero-order chi connectivity index (χ0) is 17.0. The van der Waals surface area contributed by atoms with Gasteiger partial charge in [-0.1, -0.05) is 17.7 Å². The molecule has 1 aromatic carbocycles. The Balaban J connectivity index is 2.60. The highest BCUT2D eigenvalue weighted by molar-refractivity contribution is 7.92. The van der Waals surface area contributed by atoms with Crippen LogP contribution in [0, 0.1) is 6.92 Å². The molecule has 0 radical (unpaired) electrons. The minimum atomic E-state index is -3.78. The van der Waals surface area contributed by atoms with Crippen LogP contribution in [0.15, 0.2) is 29.2 Å². The molecule has 1 aliphatic rings. The van der Waals surface area contributed by atoms with Crippen LogP contribution in [-0.4, -0.2) is 43.7 Å². The third-order valence-corrected chi connectivity index (χ3v) is 8.43. The summed E-state index contributed by atoms with van der Waals surface area (Å²) < 4.78 is 51.7. The van der Waals surface area contributed by atoms with Crippen molar-refractivity contribution in [3.8, 4) is 0 Å². The Bertz CT molecular complexity index is 751. The van der Waals surface area contributed by atoms with E-state index in [0.717, 1.165) is 5.56 Å². The summed E-state index contributed by atoms with van der Waals surface area (Å²) in [4.78, 5) is 0.193. The van der Waals surface area contributed by atoms with Gasteiger partial charge in [0.15, 0.2) is 9.84 Å². The molecule has 0 unspecified atom stereocenters. The van der Waals surface area contributed by atoms with E-state index in [0.29, 0.717) is 0 Å². The molecule has 1 saturated heterocycles. The van der Waals surface area contributed by atoms with E-state index in [1.54, 1.807) is 52.0 Å². The molecule has 1 fully saturated rings. The number of nitrogens with zero attached hydrogens (tertiary/aromatic N) is 1. The third-order valence-electron chi connectivity index (χ3n) is 3.81. The Morgan fingerprint density at radius 3 is 1.77 bits per heavy atom. The van der Waals surface area contributed by atoms with Crippen molar-refractivity contribution < 1.29 is 16.8 Å². The van der Waals surface area contributed by atoms with Gasteiger partial charge in [0, 0.05) is 11.1 Å². The second-order valence-electron chi connectivity index (χ2n) is 7.24. The highest BCUT2D eigenvalue weighted by Crippen LogP contribution is 2.38. The zero-order valence-electron chi connectivity index (χ0n) is 13.6. The van der Waals surface area contributed by atoms with Gasteiger partial charge in [-0.25, -0.2) is 16.8 Å². The molecular formula is C15H23NO4S2. The Labute approximate surface area is 133 Å². The summed E-state index contributed by atoms with van der Waals surface area (Å²) in [6, 6.07) is 6.63. The van der Waals surface area contributed by atoms with Crippen LogP contribution in [0.3, 0.4) is 0 Å². The summed E-state index contributed by atoms with van der Waals surface area (Å²) >= 11 is 0. The normalized spacial score (nSPS) is 24.0. The molecule has 0 aliphatic carbocycles. The Kier molecular flexibility index (Phi) is 3.99. The molecule has 0 atom stereocenters. The standard InChI is InChI=1S/C15H23NO4S2/c1-12-6-8-13(9-7-12)22(19,20)16-14(2,3)10-21(17,18)11-15(16,4)5/h6-9H,10-11H2,1-5H3. The maximum Gasteiger partial charge on any atom is 0.244 e. The second kappa shape index (κ2) is 5.04. The fourth-order valence-corrected chi connectivity index (χ4v) is 8.33. The van der Waals surface area contributed by atoms with E-state index in [1.165, 1.54) is 4.31 Å². The number of sulfonamides is 1. The van der Waals surface area contributed by atoms with Crippen molar-refractivity contribution in [2.75, 3.05) is 11.5 Å². The van der Waals surface area contributed by atoms with E-state index in [2.05, 4.69) is 0 Å². The monoisotopic (exact) mass is 345 g/mol. The fraction of sp³-hybridized carbons (Fsp3) is 0.600. The number of hydrogen-bond acceptors (Lipinski definition) is 4. The average Bonchev–Trinajstić information content (AvgIpc) is 2.22. The highest BCUT2D eigenvalue weighted by atomic mass is 32.2. The number of rotatable bonds is 2. The summed E-state index contributed by atoms with van der Waals surface area (Å²) in [7, 11) is -7.06. The van der Waals surface area contributed by atoms with Gasteiger partial charge >= 0.3 is 0 Å². The third kappa shape index (κ3) is 3.07. The molecule has 1 aromatic rings. The van der Waals surface area contributed by atoms with Gasteiger partial charge in [-0.2, -0.15) is 4.31 Å². The molecule has 0 aromatic heterocycles. The van der Waals surface area contributed by atoms with Gasteiger partial charge in [-0.3, -0.25) is 0 Å². The zero-order valence-corrected chi connectivity index (χ0v) is 15.3. The predicted octanol–water partition coefficient (Wildman–Crippen LogP) is 1.97. The van der Waals surface area contributed by atoms with Crippen molar-refractivity contribution in [2.45, 2.75) is 50.6 Å². The predicted molar refractivity (Wildman–Crippen MR) is 87.0 cm³/mol. The second-order valence-corrected chi connectivity index (χ2v) is 11.1. The Morgan fingerprint density at radius 1 is 0.955 bits per heavy atom. The number of sulfone groups is 1. The first-order chi connectivity index (χ1) is 9.78. The molecule has 0 saturated carbocycles. The number of aryl methyl sites for hydroxylation is 1. The molecule has 124 valence electrons. The van der Waals surface area contributed by atoms with E-state index in [-0.39, 0.29) is 16.4 Å². The van der Waals surface area contributed by atoms with Crippen LogP contribution in [-0.2, 0) is 19.9 Å². The van der Waals surface area contributed by atoms with Crippen molar-refractivity contribution in [1.29, 1.82) is 0 Å². The van der Waals surface area contributed by atoms with Crippen LogP contribution >= 0.6 is 0 Å². The SMILES string of the molecule is Cc1ccc(S(=O)(=O)N2C(C)(C)CS(=O)(=O)CC2(C)C)cc1. The molecular weight excluding hydrogens is 322 g/mol. The molecule has 0 bridgehead atoms. The van der Waals surface area contributed by atoms with Crippen LogP contribution in [0.25, 0.3) is 0 Å². The minimum absolute atomic E-state index is 0.172. The number of benzene rings is 1. The number of hydrogen-bond donors (Lipinski definition) is 0. The van der Waals surface area contributed by atoms with E-state index < -0.39 is 30.9 Å². The van der Waals surface area contributed by atoms with Crippen LogP contribution in [0.1, 0.15) is 33.3 Å². The smallest absolute Gasteiger partial charge is 0.229 e. The first-order valence-electron chi connectivity index (χ1n) is 7.11. The lowest BCUT2D eigenvalue weighted by Gasteiger charge is -2.50. The van der Waals surface area contributed by atoms with Crippen molar-refractivity contribution in [2.24, 2.45) is 0 Å². The van der Waals surface area contributed by atoms with Crippen LogP contribution < -0.4 is 0 Å². The van der Waals surface area contributed by atoms with Crippen molar-refractivity contribution >= 4 is 19.9 Å². The molecule has 0 spiro atoms. The minimum Gasteiger partial charge on any atom is -0.229 e. The van der Waals surface area contributed by atoms with Gasteiger partial charge in [0.1, 0.15) is 0 Å². The van der Waals surface area contributed by atoms with E-state index in [4.69, 9.17) is 0 Å². The first-order valence-corrected chi connectivity index (χ1v) is 10.4. The van der Waals surface area contributed by atoms with Gasteiger partial charge in [0.05, 0.1) is 16.4 Å². The topological polar surface area (TPSA) is 71.5 Å². The molecule has 2 rings (SSSR count). The summed E-state index contributed by atoms with van der Waals surface area (Å²) in [5.74, 6) is -0.344. The van der Waals surface area contributed by atoms with Crippen molar-refractivity contribution in [1.82, 2.24) is 4.31 Å². The van der Waals surface area contributed by atoms with E-state index >= 15 is 0 Å². The molecule has 7 heteroatoms. The largest absolute Gasteiger partial charge is 0.244 e. The first kappa shape index (κ1) is 17.4. The quantitative estimate of drug-likeness (QED) is 0.821. The Hall–Kier alpha value is -0.920. The van der Waals surface area contributed by atoms with Crippen molar-refractivity contribution in [3.63, 3.8) is 0 Å². The Morgan fingerprint density at radius 2 is 1.36 bits per heavy atom. The van der Waals surface area contributed by atoms with E-state index in [9.17, 15) is 16.8 Å². The summed E-state index contributed by atoms with van der Waals surface area (Å²) in [6.45, 7) is 8.54. The molecule has 0 amide bonds. The summed E-state index contributed by atoms with van der Waals surface area (Å²) in [6.07, 6.45) is 0. The van der Waals surface area contributed by atoms with Crippen LogP contribution in [0.4, 0.5) is 0 Å². The molecule has 0 N–H and O–H groups in total. The molecule has 5 nitrogen and oxygen atoms in total. The lowest BCUT2D eigenvalue weighted by atomic mass is 10.00. The van der Waals surface area contributed by atoms with Gasteiger partial charge in [0.25, 0.3) is 0 Å². The van der Waals surface area contributed by atoms with Crippen LogP contribution in [0.5, 0.6) is 0 Å². The van der Waals surface area contributed by atoms with Gasteiger partial charge in [-0.05, 0) is 46.8 Å².